The van der Waals surface area contributed by atoms with Gasteiger partial charge in [0.1, 0.15) is 5.82 Å². The van der Waals surface area contributed by atoms with Crippen LogP contribution in [0.15, 0.2) is 60.7 Å². The third-order valence-electron chi connectivity index (χ3n) is 4.38. The summed E-state index contributed by atoms with van der Waals surface area (Å²) in [5.41, 5.74) is 5.91. The van der Waals surface area contributed by atoms with Crippen LogP contribution < -0.4 is 0 Å². The quantitative estimate of drug-likeness (QED) is 0.485. The maximum atomic E-state index is 14.9. The first-order chi connectivity index (χ1) is 13.1. The predicted molar refractivity (Wildman–Crippen MR) is 110 cm³/mol. The smallest absolute Gasteiger partial charge is 0.143 e. The number of halogens is 1. The second kappa shape index (κ2) is 8.39. The number of rotatable bonds is 1. The van der Waals surface area contributed by atoms with Crippen LogP contribution in [0.2, 0.25) is 0 Å². The van der Waals surface area contributed by atoms with Gasteiger partial charge in [-0.15, -0.1) is 0 Å². The van der Waals surface area contributed by atoms with E-state index in [1.165, 1.54) is 11.1 Å². The first-order valence-electron chi connectivity index (χ1n) is 9.05. The van der Waals surface area contributed by atoms with E-state index in [0.29, 0.717) is 17.5 Å². The van der Waals surface area contributed by atoms with Crippen molar-refractivity contribution >= 4 is 0 Å². The molecule has 0 aliphatic heterocycles. The summed E-state index contributed by atoms with van der Waals surface area (Å²) in [5, 5.41) is 0. The minimum Gasteiger partial charge on any atom is -0.205 e. The summed E-state index contributed by atoms with van der Waals surface area (Å²) in [4.78, 5) is 0. The molecule has 0 bridgehead atoms. The molecule has 0 radical (unpaired) electrons. The van der Waals surface area contributed by atoms with Crippen LogP contribution in [0.3, 0.4) is 0 Å². The Morgan fingerprint density at radius 2 is 1.07 bits per heavy atom. The van der Waals surface area contributed by atoms with E-state index in [1.54, 1.807) is 6.07 Å². The van der Waals surface area contributed by atoms with Crippen molar-refractivity contribution in [1.82, 2.24) is 0 Å². The zero-order valence-electron chi connectivity index (χ0n) is 15.9. The minimum absolute atomic E-state index is 0.271. The van der Waals surface area contributed by atoms with Crippen molar-refractivity contribution in [2.24, 2.45) is 0 Å². The average molecular weight is 352 g/mol. The summed E-state index contributed by atoms with van der Waals surface area (Å²) < 4.78 is 14.9. The largest absolute Gasteiger partial charge is 0.205 e. The highest BCUT2D eigenvalue weighted by Gasteiger charge is 2.09. The van der Waals surface area contributed by atoms with Crippen molar-refractivity contribution < 1.29 is 4.39 Å². The summed E-state index contributed by atoms with van der Waals surface area (Å²) >= 11 is 0. The second-order valence-corrected chi connectivity index (χ2v) is 6.54. The van der Waals surface area contributed by atoms with Crippen LogP contribution in [0.1, 0.15) is 45.9 Å². The van der Waals surface area contributed by atoms with Crippen LogP contribution in [0.5, 0.6) is 0 Å². The van der Waals surface area contributed by atoms with E-state index in [9.17, 15) is 4.39 Å². The van der Waals surface area contributed by atoms with Crippen molar-refractivity contribution in [3.05, 3.63) is 105 Å². The van der Waals surface area contributed by atoms with E-state index < -0.39 is 0 Å². The molecule has 0 aromatic heterocycles. The summed E-state index contributed by atoms with van der Waals surface area (Å²) in [5.74, 6) is 12.0. The molecule has 0 heterocycles. The summed E-state index contributed by atoms with van der Waals surface area (Å²) in [6.07, 6.45) is 0.573. The highest BCUT2D eigenvalue weighted by molar-refractivity contribution is 5.52. The molecule has 0 N–H and O–H groups in total. The highest BCUT2D eigenvalue weighted by atomic mass is 19.1. The lowest BCUT2D eigenvalue weighted by molar-refractivity contribution is 0.608. The summed E-state index contributed by atoms with van der Waals surface area (Å²) in [7, 11) is 0. The molecule has 0 unspecified atom stereocenters. The Kier molecular flexibility index (Phi) is 5.75. The molecule has 3 aromatic carbocycles. The minimum atomic E-state index is -0.271. The molecule has 0 saturated carbocycles. The Hall–Kier alpha value is -3.29. The molecule has 132 valence electrons. The molecule has 3 aromatic rings. The van der Waals surface area contributed by atoms with E-state index in [4.69, 9.17) is 0 Å². The Balaban J connectivity index is 1.92. The molecule has 0 fully saturated rings. The first kappa shape index (κ1) is 18.5. The predicted octanol–water partition coefficient (Wildman–Crippen LogP) is 5.80. The van der Waals surface area contributed by atoms with Crippen molar-refractivity contribution in [3.63, 3.8) is 0 Å². The zero-order chi connectivity index (χ0) is 19.2. The molecule has 0 atom stereocenters. The molecular formula is C26H21F. The van der Waals surface area contributed by atoms with Crippen LogP contribution in [0.4, 0.5) is 4.39 Å². The number of benzene rings is 3. The highest BCUT2D eigenvalue weighted by Crippen LogP contribution is 2.18. The van der Waals surface area contributed by atoms with Gasteiger partial charge in [-0.3, -0.25) is 0 Å². The molecule has 0 spiro atoms. The molecule has 0 amide bonds. The molecule has 3 rings (SSSR count). The van der Waals surface area contributed by atoms with Crippen LogP contribution in [-0.2, 0) is 6.42 Å². The van der Waals surface area contributed by atoms with E-state index in [0.717, 1.165) is 16.7 Å². The van der Waals surface area contributed by atoms with E-state index >= 15 is 0 Å². The zero-order valence-corrected chi connectivity index (χ0v) is 15.9. The van der Waals surface area contributed by atoms with Gasteiger partial charge in [0.05, 0.1) is 5.56 Å². The lowest BCUT2D eigenvalue weighted by Gasteiger charge is -2.05. The molecule has 0 aliphatic carbocycles. The first-order valence-corrected chi connectivity index (χ1v) is 9.05. The van der Waals surface area contributed by atoms with Gasteiger partial charge in [0.25, 0.3) is 0 Å². The summed E-state index contributed by atoms with van der Waals surface area (Å²) in [6.45, 7) is 6.01. The second-order valence-electron chi connectivity index (χ2n) is 6.54. The topological polar surface area (TPSA) is 0 Å². The van der Waals surface area contributed by atoms with Gasteiger partial charge in [-0.2, -0.15) is 0 Å². The average Bonchev–Trinajstić information content (AvgIpc) is 2.68. The fourth-order valence-electron chi connectivity index (χ4n) is 2.73. The fraction of sp³-hybridized carbons (Fsp3) is 0.154. The van der Waals surface area contributed by atoms with E-state index in [2.05, 4.69) is 23.7 Å². The Morgan fingerprint density at radius 3 is 1.56 bits per heavy atom. The lowest BCUT2D eigenvalue weighted by atomic mass is 10.0. The molecule has 0 nitrogen and oxygen atoms in total. The van der Waals surface area contributed by atoms with Gasteiger partial charge in [0.15, 0.2) is 0 Å². The van der Waals surface area contributed by atoms with Crippen molar-refractivity contribution in [2.45, 2.75) is 27.2 Å². The van der Waals surface area contributed by atoms with Gasteiger partial charge in [-0.05, 0) is 56.7 Å². The maximum absolute atomic E-state index is 14.9. The van der Waals surface area contributed by atoms with Gasteiger partial charge in [0.2, 0.25) is 0 Å². The van der Waals surface area contributed by atoms with E-state index in [-0.39, 0.29) is 5.82 Å². The fourth-order valence-corrected chi connectivity index (χ4v) is 2.73. The van der Waals surface area contributed by atoms with Gasteiger partial charge < -0.3 is 0 Å². The van der Waals surface area contributed by atoms with Crippen molar-refractivity contribution in [2.75, 3.05) is 0 Å². The van der Waals surface area contributed by atoms with Gasteiger partial charge in [-0.25, -0.2) is 4.39 Å². The Bertz CT molecular complexity index is 1060. The Labute approximate surface area is 161 Å². The van der Waals surface area contributed by atoms with Crippen LogP contribution >= 0.6 is 0 Å². The third kappa shape index (κ3) is 4.66. The monoisotopic (exact) mass is 352 g/mol. The van der Waals surface area contributed by atoms with Crippen molar-refractivity contribution in [3.8, 4) is 23.7 Å². The molecule has 27 heavy (non-hydrogen) atoms. The molecule has 1 heteroatoms. The van der Waals surface area contributed by atoms with Gasteiger partial charge in [0, 0.05) is 22.3 Å². The van der Waals surface area contributed by atoms with Gasteiger partial charge >= 0.3 is 0 Å². The van der Waals surface area contributed by atoms with Crippen LogP contribution in [-0.4, -0.2) is 0 Å². The molecular weight excluding hydrogens is 331 g/mol. The number of hydrogen-bond acceptors (Lipinski definition) is 0. The standard InChI is InChI=1S/C26H21F/c1-4-25-23(15-13-21-9-5-19(2)6-10-21)17-18-24(26(25)27)16-14-22-11-7-20(3)8-12-22/h5-12,17-18H,4H2,1-3H3. The SMILES string of the molecule is CCc1c(C#Cc2ccc(C)cc2)ccc(C#Cc2ccc(C)cc2)c1F. The van der Waals surface area contributed by atoms with Crippen LogP contribution in [0, 0.1) is 43.3 Å². The third-order valence-corrected chi connectivity index (χ3v) is 4.38. The lowest BCUT2D eigenvalue weighted by Crippen LogP contribution is -1.97. The molecule has 0 aliphatic rings. The van der Waals surface area contributed by atoms with Crippen LogP contribution in [0.25, 0.3) is 0 Å². The van der Waals surface area contributed by atoms with E-state index in [1.807, 2.05) is 75.4 Å². The summed E-state index contributed by atoms with van der Waals surface area (Å²) in [6, 6.07) is 19.5. The number of aryl methyl sites for hydroxylation is 2. The van der Waals surface area contributed by atoms with Gasteiger partial charge in [-0.1, -0.05) is 66.0 Å². The Morgan fingerprint density at radius 1 is 0.630 bits per heavy atom. The normalized spacial score (nSPS) is 9.78. The molecule has 0 saturated heterocycles. The number of hydrogen-bond donors (Lipinski definition) is 0. The van der Waals surface area contributed by atoms with Crippen molar-refractivity contribution in [1.29, 1.82) is 0 Å². The maximum Gasteiger partial charge on any atom is 0.143 e.